The van der Waals surface area contributed by atoms with Gasteiger partial charge in [0.15, 0.2) is 0 Å². The lowest BCUT2D eigenvalue weighted by Crippen LogP contribution is -2.57. The third-order valence-corrected chi connectivity index (χ3v) is 6.20. The highest BCUT2D eigenvalue weighted by Crippen LogP contribution is 2.61. The van der Waals surface area contributed by atoms with Gasteiger partial charge in [0.05, 0.1) is 12.5 Å². The second-order valence-corrected chi connectivity index (χ2v) is 7.03. The summed E-state index contributed by atoms with van der Waals surface area (Å²) in [5.74, 6) is -0.234. The standard InChI is InChI=1S/C16H26O3/c1-10-6-5-7-12-15(3,9-14(18)19)11(2)8-13(17)16(10,12)4/h6,11-13,17H,5,7-9H2,1-4H3,(H,18,19)/t11-,12-,13+,15+,16+/m1/s1. The number of hydrogen-bond acceptors (Lipinski definition) is 2. The maximum absolute atomic E-state index is 11.3. The van der Waals surface area contributed by atoms with Gasteiger partial charge in [0.1, 0.15) is 0 Å². The molecule has 0 amide bonds. The van der Waals surface area contributed by atoms with Gasteiger partial charge >= 0.3 is 5.97 Å². The maximum Gasteiger partial charge on any atom is 0.303 e. The first kappa shape index (κ1) is 14.6. The van der Waals surface area contributed by atoms with Crippen LogP contribution in [0, 0.1) is 22.7 Å². The van der Waals surface area contributed by atoms with Crippen LogP contribution in [0.2, 0.25) is 0 Å². The first-order valence-corrected chi connectivity index (χ1v) is 7.30. The smallest absolute Gasteiger partial charge is 0.303 e. The molecule has 108 valence electrons. The van der Waals surface area contributed by atoms with Gasteiger partial charge in [0, 0.05) is 5.41 Å². The third-order valence-electron chi connectivity index (χ3n) is 6.20. The second-order valence-electron chi connectivity index (χ2n) is 7.03. The van der Waals surface area contributed by atoms with E-state index in [1.165, 1.54) is 5.57 Å². The topological polar surface area (TPSA) is 57.5 Å². The molecule has 2 rings (SSSR count). The SMILES string of the molecule is CC1=CCC[C@@H]2[C@@](C)(CC(=O)O)[C@H](C)C[C@H](O)[C@@]12C. The number of aliphatic carboxylic acids is 1. The minimum Gasteiger partial charge on any atom is -0.481 e. The van der Waals surface area contributed by atoms with Gasteiger partial charge in [0.2, 0.25) is 0 Å². The van der Waals surface area contributed by atoms with Gasteiger partial charge in [-0.05, 0) is 43.4 Å². The summed E-state index contributed by atoms with van der Waals surface area (Å²) in [5.41, 5.74) is 0.754. The van der Waals surface area contributed by atoms with Crippen LogP contribution in [-0.2, 0) is 4.79 Å². The lowest BCUT2D eigenvalue weighted by molar-refractivity contribution is -0.155. The summed E-state index contributed by atoms with van der Waals surface area (Å²) in [6.07, 6.45) is 4.75. The molecule has 0 spiro atoms. The van der Waals surface area contributed by atoms with E-state index in [9.17, 15) is 15.0 Å². The Balaban J connectivity index is 2.46. The number of carboxylic acids is 1. The molecule has 1 fully saturated rings. The number of allylic oxidation sites excluding steroid dienone is 1. The van der Waals surface area contributed by atoms with Crippen LogP contribution in [0.25, 0.3) is 0 Å². The van der Waals surface area contributed by atoms with Gasteiger partial charge in [-0.25, -0.2) is 0 Å². The fourth-order valence-electron chi connectivity index (χ4n) is 4.59. The molecule has 2 N–H and O–H groups in total. The number of hydrogen-bond donors (Lipinski definition) is 2. The Morgan fingerprint density at radius 1 is 1.47 bits per heavy atom. The first-order valence-electron chi connectivity index (χ1n) is 7.30. The Bertz CT molecular complexity index is 414. The summed E-state index contributed by atoms with van der Waals surface area (Å²) >= 11 is 0. The highest BCUT2D eigenvalue weighted by Gasteiger charge is 2.57. The molecule has 0 heterocycles. The molecule has 2 aliphatic rings. The number of rotatable bonds is 2. The lowest BCUT2D eigenvalue weighted by Gasteiger charge is -2.59. The zero-order valence-corrected chi connectivity index (χ0v) is 12.4. The van der Waals surface area contributed by atoms with Crippen LogP contribution < -0.4 is 0 Å². The average Bonchev–Trinajstić information content (AvgIpc) is 2.29. The van der Waals surface area contributed by atoms with Gasteiger partial charge in [-0.2, -0.15) is 0 Å². The zero-order valence-electron chi connectivity index (χ0n) is 12.4. The molecule has 0 radical (unpaired) electrons. The molecule has 0 aromatic carbocycles. The predicted molar refractivity (Wildman–Crippen MR) is 74.7 cm³/mol. The van der Waals surface area contributed by atoms with Crippen LogP contribution >= 0.6 is 0 Å². The molecular weight excluding hydrogens is 240 g/mol. The van der Waals surface area contributed by atoms with E-state index < -0.39 is 5.97 Å². The molecule has 0 aromatic rings. The number of aliphatic hydroxyl groups excluding tert-OH is 1. The lowest BCUT2D eigenvalue weighted by atomic mass is 9.46. The van der Waals surface area contributed by atoms with Crippen molar-refractivity contribution in [1.82, 2.24) is 0 Å². The van der Waals surface area contributed by atoms with Crippen molar-refractivity contribution >= 4 is 5.97 Å². The van der Waals surface area contributed by atoms with Gasteiger partial charge in [-0.15, -0.1) is 0 Å². The molecule has 0 aliphatic heterocycles. The molecule has 0 bridgehead atoms. The molecular formula is C16H26O3. The summed E-state index contributed by atoms with van der Waals surface area (Å²) in [6.45, 7) is 8.42. The number of carbonyl (C=O) groups is 1. The predicted octanol–water partition coefficient (Wildman–Crippen LogP) is 3.23. The van der Waals surface area contributed by atoms with E-state index in [2.05, 4.69) is 33.8 Å². The average molecular weight is 266 g/mol. The second kappa shape index (κ2) is 4.62. The molecule has 3 nitrogen and oxygen atoms in total. The Morgan fingerprint density at radius 2 is 2.11 bits per heavy atom. The zero-order chi connectivity index (χ0) is 14.4. The Labute approximate surface area is 115 Å². The van der Waals surface area contributed by atoms with Crippen LogP contribution in [0.5, 0.6) is 0 Å². The fraction of sp³-hybridized carbons (Fsp3) is 0.812. The molecule has 5 atom stereocenters. The molecule has 19 heavy (non-hydrogen) atoms. The van der Waals surface area contributed by atoms with Crippen LogP contribution in [0.4, 0.5) is 0 Å². The molecule has 0 aromatic heterocycles. The fourth-order valence-corrected chi connectivity index (χ4v) is 4.59. The minimum absolute atomic E-state index is 0.203. The van der Waals surface area contributed by atoms with Crippen LogP contribution in [0.15, 0.2) is 11.6 Å². The van der Waals surface area contributed by atoms with Crippen LogP contribution in [0.1, 0.15) is 53.4 Å². The molecule has 3 heteroatoms. The van der Waals surface area contributed by atoms with Gasteiger partial charge < -0.3 is 10.2 Å². The summed E-state index contributed by atoms with van der Waals surface area (Å²) in [5, 5.41) is 19.9. The summed E-state index contributed by atoms with van der Waals surface area (Å²) in [6, 6.07) is 0. The normalized spacial score (nSPS) is 46.4. The minimum atomic E-state index is -0.722. The van der Waals surface area contributed by atoms with Crippen molar-refractivity contribution in [2.24, 2.45) is 22.7 Å². The van der Waals surface area contributed by atoms with E-state index >= 15 is 0 Å². The maximum atomic E-state index is 11.3. The van der Waals surface area contributed by atoms with E-state index in [1.54, 1.807) is 0 Å². The van der Waals surface area contributed by atoms with E-state index in [1.807, 2.05) is 0 Å². The Hall–Kier alpha value is -0.830. The monoisotopic (exact) mass is 266 g/mol. The van der Waals surface area contributed by atoms with E-state index in [-0.39, 0.29) is 35.2 Å². The van der Waals surface area contributed by atoms with Crippen molar-refractivity contribution in [3.05, 3.63) is 11.6 Å². The third kappa shape index (κ3) is 2.03. The van der Waals surface area contributed by atoms with Crippen LogP contribution in [0.3, 0.4) is 0 Å². The number of fused-ring (bicyclic) bond motifs is 1. The molecule has 1 saturated carbocycles. The van der Waals surface area contributed by atoms with E-state index in [4.69, 9.17) is 0 Å². The quantitative estimate of drug-likeness (QED) is 0.754. The molecule has 0 unspecified atom stereocenters. The Kier molecular flexibility index (Phi) is 3.54. The van der Waals surface area contributed by atoms with E-state index in [0.717, 1.165) is 12.8 Å². The van der Waals surface area contributed by atoms with Gasteiger partial charge in [-0.3, -0.25) is 4.79 Å². The van der Waals surface area contributed by atoms with Gasteiger partial charge in [0.25, 0.3) is 0 Å². The van der Waals surface area contributed by atoms with Crippen molar-refractivity contribution in [3.63, 3.8) is 0 Å². The van der Waals surface area contributed by atoms with Crippen molar-refractivity contribution in [1.29, 1.82) is 0 Å². The summed E-state index contributed by atoms with van der Waals surface area (Å²) in [7, 11) is 0. The number of carboxylic acid groups (broad SMARTS) is 1. The largest absolute Gasteiger partial charge is 0.481 e. The van der Waals surface area contributed by atoms with Crippen LogP contribution in [-0.4, -0.2) is 22.3 Å². The van der Waals surface area contributed by atoms with Crippen molar-refractivity contribution in [3.8, 4) is 0 Å². The Morgan fingerprint density at radius 3 is 2.68 bits per heavy atom. The highest BCUT2D eigenvalue weighted by molar-refractivity contribution is 5.68. The van der Waals surface area contributed by atoms with Crippen molar-refractivity contribution in [2.75, 3.05) is 0 Å². The molecule has 2 aliphatic carbocycles. The van der Waals surface area contributed by atoms with E-state index in [0.29, 0.717) is 6.42 Å². The summed E-state index contributed by atoms with van der Waals surface area (Å²) in [4.78, 5) is 11.3. The highest BCUT2D eigenvalue weighted by atomic mass is 16.4. The summed E-state index contributed by atoms with van der Waals surface area (Å²) < 4.78 is 0. The first-order chi connectivity index (χ1) is 8.72. The molecule has 0 saturated heterocycles. The van der Waals surface area contributed by atoms with Crippen molar-refractivity contribution < 1.29 is 15.0 Å². The number of aliphatic hydroxyl groups is 1. The van der Waals surface area contributed by atoms with Gasteiger partial charge in [-0.1, -0.05) is 32.4 Å². The van der Waals surface area contributed by atoms with Crippen molar-refractivity contribution in [2.45, 2.75) is 59.5 Å².